The van der Waals surface area contributed by atoms with Crippen LogP contribution in [0.3, 0.4) is 0 Å². The monoisotopic (exact) mass is 337 g/mol. The summed E-state index contributed by atoms with van der Waals surface area (Å²) in [6.07, 6.45) is 2.32. The van der Waals surface area contributed by atoms with Crippen molar-refractivity contribution in [3.8, 4) is 17.2 Å². The van der Waals surface area contributed by atoms with Gasteiger partial charge in [0.15, 0.2) is 0 Å². The summed E-state index contributed by atoms with van der Waals surface area (Å²) in [5, 5.41) is 8.93. The number of hydrogen-bond acceptors (Lipinski definition) is 4. The largest absolute Gasteiger partial charge is 0.493 e. The lowest BCUT2D eigenvalue weighted by Crippen LogP contribution is -2.03. The summed E-state index contributed by atoms with van der Waals surface area (Å²) >= 11 is 0. The van der Waals surface area contributed by atoms with E-state index in [1.54, 1.807) is 0 Å². The molecule has 1 N–H and O–H groups in total. The van der Waals surface area contributed by atoms with E-state index in [1.165, 1.54) is 5.56 Å². The number of aryl methyl sites for hydroxylation is 2. The van der Waals surface area contributed by atoms with E-state index < -0.39 is 0 Å². The first-order valence-corrected chi connectivity index (χ1v) is 8.60. The van der Waals surface area contributed by atoms with E-state index in [1.807, 2.05) is 55.5 Å². The number of benzene rings is 2. The molecule has 3 aromatic rings. The molecule has 0 aliphatic carbocycles. The van der Waals surface area contributed by atoms with Crippen LogP contribution >= 0.6 is 0 Å². The molecule has 0 spiro atoms. The van der Waals surface area contributed by atoms with Gasteiger partial charge in [-0.15, -0.1) is 0 Å². The van der Waals surface area contributed by atoms with Gasteiger partial charge in [0.2, 0.25) is 5.89 Å². The number of aliphatic hydroxyl groups excluding tert-OH is 1. The van der Waals surface area contributed by atoms with Crippen molar-refractivity contribution in [1.82, 2.24) is 4.98 Å². The van der Waals surface area contributed by atoms with E-state index in [0.29, 0.717) is 18.9 Å². The SMILES string of the molecule is Cc1oc(-c2ccccc2)nc1CCOc1cccc(CCCO)c1. The predicted molar refractivity (Wildman–Crippen MR) is 97.7 cm³/mol. The molecule has 0 unspecified atom stereocenters. The fourth-order valence-corrected chi connectivity index (χ4v) is 2.70. The van der Waals surface area contributed by atoms with Gasteiger partial charge in [0, 0.05) is 18.6 Å². The molecule has 0 atom stereocenters. The molecule has 0 aliphatic heterocycles. The molecule has 0 amide bonds. The first-order valence-electron chi connectivity index (χ1n) is 8.60. The lowest BCUT2D eigenvalue weighted by molar-refractivity contribution is 0.288. The predicted octanol–water partition coefficient (Wildman–Crippen LogP) is 4.20. The highest BCUT2D eigenvalue weighted by Crippen LogP contribution is 2.22. The van der Waals surface area contributed by atoms with Crippen molar-refractivity contribution in [1.29, 1.82) is 0 Å². The smallest absolute Gasteiger partial charge is 0.226 e. The summed E-state index contributed by atoms with van der Waals surface area (Å²) < 4.78 is 11.6. The van der Waals surface area contributed by atoms with Gasteiger partial charge in [0.25, 0.3) is 0 Å². The van der Waals surface area contributed by atoms with Crippen molar-refractivity contribution in [3.63, 3.8) is 0 Å². The topological polar surface area (TPSA) is 55.5 Å². The molecule has 130 valence electrons. The van der Waals surface area contributed by atoms with Crippen molar-refractivity contribution >= 4 is 0 Å². The van der Waals surface area contributed by atoms with Crippen LogP contribution in [0.2, 0.25) is 0 Å². The summed E-state index contributed by atoms with van der Waals surface area (Å²) in [4.78, 5) is 4.59. The van der Waals surface area contributed by atoms with E-state index in [9.17, 15) is 0 Å². The Morgan fingerprint density at radius 1 is 1.04 bits per heavy atom. The highest BCUT2D eigenvalue weighted by molar-refractivity contribution is 5.53. The van der Waals surface area contributed by atoms with Crippen LogP contribution in [0.15, 0.2) is 59.0 Å². The number of aromatic nitrogens is 1. The zero-order valence-electron chi connectivity index (χ0n) is 14.4. The highest BCUT2D eigenvalue weighted by atomic mass is 16.5. The van der Waals surface area contributed by atoms with Gasteiger partial charge in [-0.25, -0.2) is 4.98 Å². The molecule has 0 bridgehead atoms. The van der Waals surface area contributed by atoms with Crippen molar-refractivity contribution in [2.24, 2.45) is 0 Å². The fraction of sp³-hybridized carbons (Fsp3) is 0.286. The van der Waals surface area contributed by atoms with Gasteiger partial charge in [-0.05, 0) is 49.6 Å². The maximum Gasteiger partial charge on any atom is 0.226 e. The Hall–Kier alpha value is -2.59. The number of rotatable bonds is 8. The lowest BCUT2D eigenvalue weighted by Gasteiger charge is -2.07. The summed E-state index contributed by atoms with van der Waals surface area (Å²) in [5.74, 6) is 2.33. The average Bonchev–Trinajstić information content (AvgIpc) is 3.02. The molecule has 3 rings (SSSR count). The molecule has 0 saturated heterocycles. The standard InChI is InChI=1S/C21H23NO3/c1-16-20(22-21(25-16)18-9-3-2-4-10-18)12-14-24-19-11-5-7-17(15-19)8-6-13-23/h2-5,7,9-11,15,23H,6,8,12-14H2,1H3. The van der Waals surface area contributed by atoms with Crippen molar-refractivity contribution in [2.75, 3.05) is 13.2 Å². The van der Waals surface area contributed by atoms with Crippen LogP contribution in [0.4, 0.5) is 0 Å². The van der Waals surface area contributed by atoms with Crippen molar-refractivity contribution in [2.45, 2.75) is 26.2 Å². The third-order valence-corrected chi connectivity index (χ3v) is 4.04. The second-order valence-corrected chi connectivity index (χ2v) is 5.96. The van der Waals surface area contributed by atoms with E-state index in [-0.39, 0.29) is 6.61 Å². The molecule has 0 saturated carbocycles. The van der Waals surface area contributed by atoms with Crippen LogP contribution < -0.4 is 4.74 Å². The number of ether oxygens (including phenoxy) is 1. The Morgan fingerprint density at radius 2 is 1.88 bits per heavy atom. The van der Waals surface area contributed by atoms with Gasteiger partial charge >= 0.3 is 0 Å². The minimum Gasteiger partial charge on any atom is -0.493 e. The quantitative estimate of drug-likeness (QED) is 0.669. The van der Waals surface area contributed by atoms with Crippen LogP contribution in [0.25, 0.3) is 11.5 Å². The second kappa shape index (κ2) is 8.49. The maximum atomic E-state index is 8.93. The molecule has 0 aliphatic rings. The van der Waals surface area contributed by atoms with Crippen molar-refractivity contribution in [3.05, 3.63) is 71.6 Å². The molecule has 4 heteroatoms. The molecule has 2 aromatic carbocycles. The van der Waals surface area contributed by atoms with E-state index in [4.69, 9.17) is 14.3 Å². The number of nitrogens with zero attached hydrogens (tertiary/aromatic N) is 1. The van der Waals surface area contributed by atoms with Crippen molar-refractivity contribution < 1.29 is 14.3 Å². The van der Waals surface area contributed by atoms with Gasteiger partial charge in [-0.1, -0.05) is 30.3 Å². The second-order valence-electron chi connectivity index (χ2n) is 5.96. The van der Waals surface area contributed by atoms with E-state index in [0.717, 1.165) is 35.6 Å². The fourth-order valence-electron chi connectivity index (χ4n) is 2.70. The van der Waals surface area contributed by atoms with Gasteiger partial charge in [0.1, 0.15) is 11.5 Å². The zero-order chi connectivity index (χ0) is 17.5. The summed E-state index contributed by atoms with van der Waals surface area (Å²) in [6, 6.07) is 17.9. The number of oxazole rings is 1. The Kier molecular flexibility index (Phi) is 5.86. The third-order valence-electron chi connectivity index (χ3n) is 4.04. The molecule has 0 fully saturated rings. The Bertz CT molecular complexity index is 796. The van der Waals surface area contributed by atoms with Crippen LogP contribution in [0.1, 0.15) is 23.4 Å². The minimum absolute atomic E-state index is 0.209. The summed E-state index contributed by atoms with van der Waals surface area (Å²) in [5.41, 5.74) is 3.08. The normalized spacial score (nSPS) is 10.8. The molecule has 1 aromatic heterocycles. The van der Waals surface area contributed by atoms with Crippen LogP contribution in [0, 0.1) is 6.92 Å². The molecular formula is C21H23NO3. The third kappa shape index (κ3) is 4.70. The summed E-state index contributed by atoms with van der Waals surface area (Å²) in [7, 11) is 0. The van der Waals surface area contributed by atoms with Gasteiger partial charge in [0.05, 0.1) is 12.3 Å². The maximum absolute atomic E-state index is 8.93. The average molecular weight is 337 g/mol. The number of hydrogen-bond donors (Lipinski definition) is 1. The lowest BCUT2D eigenvalue weighted by atomic mass is 10.1. The van der Waals surface area contributed by atoms with Crippen LogP contribution in [-0.4, -0.2) is 23.3 Å². The first kappa shape index (κ1) is 17.2. The Morgan fingerprint density at radius 3 is 2.68 bits per heavy atom. The Balaban J connectivity index is 1.58. The number of aliphatic hydroxyl groups is 1. The molecule has 4 nitrogen and oxygen atoms in total. The van der Waals surface area contributed by atoms with Gasteiger partial charge < -0.3 is 14.3 Å². The van der Waals surface area contributed by atoms with E-state index in [2.05, 4.69) is 11.1 Å². The van der Waals surface area contributed by atoms with Gasteiger partial charge in [-0.2, -0.15) is 0 Å². The van der Waals surface area contributed by atoms with E-state index >= 15 is 0 Å². The van der Waals surface area contributed by atoms with Crippen LogP contribution in [-0.2, 0) is 12.8 Å². The minimum atomic E-state index is 0.209. The zero-order valence-corrected chi connectivity index (χ0v) is 14.4. The van der Waals surface area contributed by atoms with Crippen LogP contribution in [0.5, 0.6) is 5.75 Å². The molecule has 0 radical (unpaired) electrons. The molecule has 1 heterocycles. The molecular weight excluding hydrogens is 314 g/mol. The van der Waals surface area contributed by atoms with Gasteiger partial charge in [-0.3, -0.25) is 0 Å². The Labute approximate surface area is 148 Å². The highest BCUT2D eigenvalue weighted by Gasteiger charge is 2.11. The molecule has 25 heavy (non-hydrogen) atoms. The summed E-state index contributed by atoms with van der Waals surface area (Å²) in [6.45, 7) is 2.69. The first-order chi connectivity index (χ1) is 12.3.